The molecule has 0 unspecified atom stereocenters. The summed E-state index contributed by atoms with van der Waals surface area (Å²) in [7, 11) is 0. The van der Waals surface area contributed by atoms with Crippen molar-refractivity contribution in [2.24, 2.45) is 0 Å². The number of ether oxygens (including phenoxy) is 1. The highest BCUT2D eigenvalue weighted by Gasteiger charge is 2.18. The molecular formula is C21H16Br2F2N2O3. The van der Waals surface area contributed by atoms with E-state index in [9.17, 15) is 18.4 Å². The lowest BCUT2D eigenvalue weighted by Crippen LogP contribution is -2.24. The van der Waals surface area contributed by atoms with E-state index in [-0.39, 0.29) is 23.1 Å². The van der Waals surface area contributed by atoms with Crippen LogP contribution < -0.4 is 5.56 Å². The second-order valence-corrected chi connectivity index (χ2v) is 7.93. The van der Waals surface area contributed by atoms with Crippen LogP contribution in [0.2, 0.25) is 0 Å². The van der Waals surface area contributed by atoms with Crippen molar-refractivity contribution in [2.75, 3.05) is 6.61 Å². The summed E-state index contributed by atoms with van der Waals surface area (Å²) in [6.07, 6.45) is 2.72. The number of carbonyl (C=O) groups is 1. The minimum atomic E-state index is -0.626. The summed E-state index contributed by atoms with van der Waals surface area (Å²) in [6.45, 7) is 3.66. The van der Waals surface area contributed by atoms with Crippen LogP contribution in [-0.2, 0) is 16.0 Å². The molecule has 0 aliphatic carbocycles. The monoisotopic (exact) mass is 540 g/mol. The van der Waals surface area contributed by atoms with Gasteiger partial charge in [0.05, 0.1) is 23.2 Å². The molecule has 0 saturated carbocycles. The summed E-state index contributed by atoms with van der Waals surface area (Å²) in [5, 5.41) is 0.153. The zero-order valence-electron chi connectivity index (χ0n) is 16.0. The first-order chi connectivity index (χ1) is 14.3. The molecule has 0 fully saturated rings. The normalized spacial score (nSPS) is 11.4. The summed E-state index contributed by atoms with van der Waals surface area (Å²) in [5.41, 5.74) is 0.173. The molecule has 3 rings (SSSR count). The Balaban J connectivity index is 2.28. The maximum atomic E-state index is 14.5. The van der Waals surface area contributed by atoms with Crippen molar-refractivity contribution in [2.45, 2.75) is 20.3 Å². The van der Waals surface area contributed by atoms with Crippen molar-refractivity contribution in [3.63, 3.8) is 0 Å². The van der Waals surface area contributed by atoms with E-state index in [1.807, 2.05) is 6.92 Å². The Morgan fingerprint density at radius 2 is 1.83 bits per heavy atom. The van der Waals surface area contributed by atoms with Gasteiger partial charge in [0.2, 0.25) is 0 Å². The Kier molecular flexibility index (Phi) is 6.82. The largest absolute Gasteiger partial charge is 0.463 e. The first-order valence-electron chi connectivity index (χ1n) is 9.01. The van der Waals surface area contributed by atoms with Crippen LogP contribution in [0.1, 0.15) is 25.2 Å². The van der Waals surface area contributed by atoms with Gasteiger partial charge >= 0.3 is 5.97 Å². The molecule has 0 amide bonds. The summed E-state index contributed by atoms with van der Waals surface area (Å²) in [6, 6.07) is 4.97. The fourth-order valence-corrected chi connectivity index (χ4v) is 4.45. The lowest BCUT2D eigenvalue weighted by atomic mass is 10.1. The molecule has 0 radical (unpaired) electrons. The number of esters is 1. The molecule has 1 aromatic heterocycles. The minimum Gasteiger partial charge on any atom is -0.463 e. The molecule has 0 N–H and O–H groups in total. The van der Waals surface area contributed by atoms with Gasteiger partial charge < -0.3 is 4.74 Å². The van der Waals surface area contributed by atoms with Crippen molar-refractivity contribution in [3.05, 3.63) is 72.7 Å². The van der Waals surface area contributed by atoms with Gasteiger partial charge in [0, 0.05) is 33.1 Å². The van der Waals surface area contributed by atoms with Crippen LogP contribution in [0, 0.1) is 11.6 Å². The highest BCUT2D eigenvalue weighted by atomic mass is 79.9. The van der Waals surface area contributed by atoms with E-state index >= 15 is 0 Å². The van der Waals surface area contributed by atoms with E-state index in [2.05, 4.69) is 36.8 Å². The third kappa shape index (κ3) is 4.37. The summed E-state index contributed by atoms with van der Waals surface area (Å²) in [5.74, 6) is -1.34. The quantitative estimate of drug-likeness (QED) is 0.323. The molecule has 0 aliphatic heterocycles. The molecule has 2 aromatic carbocycles. The molecule has 0 saturated heterocycles. The first kappa shape index (κ1) is 22.3. The molecule has 0 atom stereocenters. The van der Waals surface area contributed by atoms with Crippen LogP contribution in [0.5, 0.6) is 0 Å². The van der Waals surface area contributed by atoms with E-state index in [4.69, 9.17) is 4.74 Å². The summed E-state index contributed by atoms with van der Waals surface area (Å²) < 4.78 is 35.1. The topological polar surface area (TPSA) is 61.2 Å². The van der Waals surface area contributed by atoms with Crippen LogP contribution in [0.15, 0.2) is 44.1 Å². The average Bonchev–Trinajstić information content (AvgIpc) is 2.67. The minimum absolute atomic E-state index is 0.0440. The Labute approximate surface area is 187 Å². The number of aryl methyl sites for hydroxylation is 1. The molecule has 0 spiro atoms. The maximum Gasteiger partial charge on any atom is 0.330 e. The van der Waals surface area contributed by atoms with Crippen LogP contribution in [-0.4, -0.2) is 22.1 Å². The van der Waals surface area contributed by atoms with E-state index < -0.39 is 23.2 Å². The van der Waals surface area contributed by atoms with Gasteiger partial charge in [0.25, 0.3) is 5.56 Å². The number of nitrogens with zero attached hydrogens (tertiary/aromatic N) is 2. The van der Waals surface area contributed by atoms with Crippen molar-refractivity contribution >= 4 is 54.8 Å². The van der Waals surface area contributed by atoms with Crippen LogP contribution in [0.3, 0.4) is 0 Å². The van der Waals surface area contributed by atoms with E-state index in [0.29, 0.717) is 26.9 Å². The van der Waals surface area contributed by atoms with Crippen LogP contribution >= 0.6 is 31.9 Å². The van der Waals surface area contributed by atoms with Gasteiger partial charge in [-0.15, -0.1) is 0 Å². The molecule has 0 aliphatic rings. The summed E-state index contributed by atoms with van der Waals surface area (Å²) >= 11 is 6.60. The molecule has 9 heteroatoms. The molecule has 3 aromatic rings. The number of hydrogen-bond donors (Lipinski definition) is 0. The predicted octanol–water partition coefficient (Wildman–Crippen LogP) is 5.33. The van der Waals surface area contributed by atoms with Gasteiger partial charge in [0.15, 0.2) is 0 Å². The van der Waals surface area contributed by atoms with Crippen molar-refractivity contribution in [3.8, 4) is 5.69 Å². The molecule has 0 bridgehead atoms. The molecule has 5 nitrogen and oxygen atoms in total. The second-order valence-electron chi connectivity index (χ2n) is 6.22. The number of halogens is 4. The highest BCUT2D eigenvalue weighted by Crippen LogP contribution is 2.31. The third-order valence-corrected chi connectivity index (χ3v) is 5.47. The number of carbonyl (C=O) groups excluding carboxylic acids is 1. The fourth-order valence-electron chi connectivity index (χ4n) is 2.96. The van der Waals surface area contributed by atoms with Gasteiger partial charge in [-0.1, -0.05) is 6.92 Å². The second kappa shape index (κ2) is 9.18. The Bertz CT molecular complexity index is 1220. The highest BCUT2D eigenvalue weighted by molar-refractivity contribution is 9.11. The zero-order chi connectivity index (χ0) is 22.0. The standard InChI is InChI=1S/C21H16Br2F2N2O3/c1-3-18-26-17-10-16(25)11(5-6-19(28)30-4-2)7-13(17)21(29)27(18)20-14(22)8-12(24)9-15(20)23/h5-10H,3-4H2,1-2H3/b6-5+. The Morgan fingerprint density at radius 3 is 2.43 bits per heavy atom. The van der Waals surface area contributed by atoms with Gasteiger partial charge in [-0.25, -0.2) is 18.6 Å². The fraction of sp³-hybridized carbons (Fsp3) is 0.190. The Morgan fingerprint density at radius 1 is 1.17 bits per heavy atom. The Hall–Kier alpha value is -2.39. The molecule has 156 valence electrons. The van der Waals surface area contributed by atoms with Crippen molar-refractivity contribution in [1.29, 1.82) is 0 Å². The number of aromatic nitrogens is 2. The van der Waals surface area contributed by atoms with Crippen LogP contribution in [0.25, 0.3) is 22.7 Å². The van der Waals surface area contributed by atoms with E-state index in [1.54, 1.807) is 6.92 Å². The van der Waals surface area contributed by atoms with Gasteiger partial charge in [0.1, 0.15) is 17.5 Å². The molecule has 1 heterocycles. The van der Waals surface area contributed by atoms with Gasteiger partial charge in [-0.2, -0.15) is 0 Å². The average molecular weight is 542 g/mol. The number of rotatable bonds is 5. The summed E-state index contributed by atoms with van der Waals surface area (Å²) in [4.78, 5) is 29.3. The maximum absolute atomic E-state index is 14.5. The lowest BCUT2D eigenvalue weighted by molar-refractivity contribution is -0.137. The van der Waals surface area contributed by atoms with Crippen LogP contribution in [0.4, 0.5) is 8.78 Å². The van der Waals surface area contributed by atoms with Crippen molar-refractivity contribution in [1.82, 2.24) is 9.55 Å². The SMILES string of the molecule is CCOC(=O)/C=C/c1cc2c(=O)n(-c3c(Br)cc(F)cc3Br)c(CC)nc2cc1F. The lowest BCUT2D eigenvalue weighted by Gasteiger charge is -2.16. The zero-order valence-corrected chi connectivity index (χ0v) is 19.2. The predicted molar refractivity (Wildman–Crippen MR) is 118 cm³/mol. The van der Waals surface area contributed by atoms with E-state index in [0.717, 1.165) is 12.1 Å². The first-order valence-corrected chi connectivity index (χ1v) is 10.6. The third-order valence-electron chi connectivity index (χ3n) is 4.26. The number of benzene rings is 2. The number of hydrogen-bond acceptors (Lipinski definition) is 4. The van der Waals surface area contributed by atoms with Gasteiger partial charge in [-0.05, 0) is 63.1 Å². The molecule has 30 heavy (non-hydrogen) atoms. The van der Waals surface area contributed by atoms with E-state index in [1.165, 1.54) is 28.8 Å². The number of fused-ring (bicyclic) bond motifs is 1. The smallest absolute Gasteiger partial charge is 0.330 e. The van der Waals surface area contributed by atoms with Gasteiger partial charge in [-0.3, -0.25) is 9.36 Å². The van der Waals surface area contributed by atoms with Crippen molar-refractivity contribution < 1.29 is 18.3 Å². The molecular weight excluding hydrogens is 526 g/mol.